The predicted octanol–water partition coefficient (Wildman–Crippen LogP) is 1.93. The molecule has 6 nitrogen and oxygen atoms in total. The molecule has 7 heteroatoms. The standard InChI is InChI=1S/C14H11BrN4O2/c15-9-2-3-10-11(5-9)14(21)19(13(10)20)7-8-1-4-12(18-16)17-6-8/h1-6H,7,16H2,(H,17,18). The molecule has 0 saturated carbocycles. The first-order valence-corrected chi connectivity index (χ1v) is 6.97. The van der Waals surface area contributed by atoms with Gasteiger partial charge in [0.2, 0.25) is 0 Å². The Labute approximate surface area is 129 Å². The highest BCUT2D eigenvalue weighted by Gasteiger charge is 2.35. The molecule has 0 bridgehead atoms. The molecule has 3 rings (SSSR count). The maximum Gasteiger partial charge on any atom is 0.261 e. The van der Waals surface area contributed by atoms with Gasteiger partial charge in [0.1, 0.15) is 5.82 Å². The van der Waals surface area contributed by atoms with Gasteiger partial charge in [-0.3, -0.25) is 14.5 Å². The van der Waals surface area contributed by atoms with Crippen molar-refractivity contribution >= 4 is 33.6 Å². The quantitative estimate of drug-likeness (QED) is 0.503. The summed E-state index contributed by atoms with van der Waals surface area (Å²) in [5, 5.41) is 0. The maximum atomic E-state index is 12.3. The van der Waals surface area contributed by atoms with Crippen LogP contribution in [0.1, 0.15) is 26.3 Å². The third-order valence-corrected chi connectivity index (χ3v) is 3.74. The first-order chi connectivity index (χ1) is 10.1. The number of anilines is 1. The molecule has 1 aromatic heterocycles. The second-order valence-electron chi connectivity index (χ2n) is 4.58. The van der Waals surface area contributed by atoms with Gasteiger partial charge in [0.25, 0.3) is 11.8 Å². The Kier molecular flexibility index (Phi) is 3.44. The summed E-state index contributed by atoms with van der Waals surface area (Å²) < 4.78 is 0.768. The molecule has 1 aliphatic rings. The topological polar surface area (TPSA) is 88.3 Å². The summed E-state index contributed by atoms with van der Waals surface area (Å²) >= 11 is 3.30. The number of rotatable bonds is 3. The van der Waals surface area contributed by atoms with E-state index in [1.165, 1.54) is 4.90 Å². The largest absolute Gasteiger partial charge is 0.308 e. The molecule has 106 valence electrons. The van der Waals surface area contributed by atoms with Crippen LogP contribution in [-0.4, -0.2) is 21.7 Å². The van der Waals surface area contributed by atoms with Crippen molar-refractivity contribution < 1.29 is 9.59 Å². The van der Waals surface area contributed by atoms with Gasteiger partial charge in [-0.05, 0) is 29.8 Å². The van der Waals surface area contributed by atoms with Crippen molar-refractivity contribution in [2.75, 3.05) is 5.43 Å². The van der Waals surface area contributed by atoms with Crippen LogP contribution in [0, 0.1) is 0 Å². The molecule has 1 aliphatic heterocycles. The summed E-state index contributed by atoms with van der Waals surface area (Å²) in [5.41, 5.74) is 4.02. The number of hydrazine groups is 1. The van der Waals surface area contributed by atoms with Crippen molar-refractivity contribution in [1.82, 2.24) is 9.88 Å². The number of benzene rings is 1. The van der Waals surface area contributed by atoms with E-state index in [2.05, 4.69) is 26.3 Å². The average molecular weight is 347 g/mol. The number of nitrogens with one attached hydrogen (secondary N) is 1. The fourth-order valence-electron chi connectivity index (χ4n) is 2.19. The number of nitrogens with zero attached hydrogens (tertiary/aromatic N) is 2. The van der Waals surface area contributed by atoms with Gasteiger partial charge in [-0.15, -0.1) is 0 Å². The Balaban J connectivity index is 1.87. The molecular formula is C14H11BrN4O2. The minimum Gasteiger partial charge on any atom is -0.308 e. The normalized spacial score (nSPS) is 13.5. The van der Waals surface area contributed by atoms with Crippen LogP contribution in [0.4, 0.5) is 5.82 Å². The van der Waals surface area contributed by atoms with Crippen LogP contribution in [0.5, 0.6) is 0 Å². The molecule has 0 unspecified atom stereocenters. The van der Waals surface area contributed by atoms with E-state index in [-0.39, 0.29) is 18.4 Å². The molecular weight excluding hydrogens is 336 g/mol. The first kappa shape index (κ1) is 13.7. The number of pyridine rings is 1. The zero-order chi connectivity index (χ0) is 15.0. The van der Waals surface area contributed by atoms with E-state index in [1.54, 1.807) is 36.5 Å². The molecule has 0 atom stereocenters. The van der Waals surface area contributed by atoms with Gasteiger partial charge in [0.15, 0.2) is 0 Å². The number of nitrogen functional groups attached to an aromatic ring is 1. The number of carbonyl (C=O) groups excluding carboxylic acids is 2. The molecule has 0 aliphatic carbocycles. The Hall–Kier alpha value is -2.25. The van der Waals surface area contributed by atoms with Crippen molar-refractivity contribution in [2.24, 2.45) is 5.84 Å². The van der Waals surface area contributed by atoms with Gasteiger partial charge >= 0.3 is 0 Å². The van der Waals surface area contributed by atoms with Crippen LogP contribution in [0.3, 0.4) is 0 Å². The van der Waals surface area contributed by atoms with Gasteiger partial charge in [-0.2, -0.15) is 0 Å². The molecule has 3 N–H and O–H groups in total. The van der Waals surface area contributed by atoms with Crippen LogP contribution in [0.25, 0.3) is 0 Å². The number of imide groups is 1. The highest BCUT2D eigenvalue weighted by Crippen LogP contribution is 2.27. The summed E-state index contributed by atoms with van der Waals surface area (Å²) in [7, 11) is 0. The van der Waals surface area contributed by atoms with Crippen LogP contribution in [0.2, 0.25) is 0 Å². The Morgan fingerprint density at radius 1 is 1.14 bits per heavy atom. The lowest BCUT2D eigenvalue weighted by Crippen LogP contribution is -2.29. The average Bonchev–Trinajstić information content (AvgIpc) is 2.73. The number of nitrogens with two attached hydrogens (primary N) is 1. The third kappa shape index (κ3) is 2.41. The van der Waals surface area contributed by atoms with Crippen LogP contribution >= 0.6 is 15.9 Å². The maximum absolute atomic E-state index is 12.3. The zero-order valence-corrected chi connectivity index (χ0v) is 12.4. The van der Waals surface area contributed by atoms with Crippen molar-refractivity contribution in [3.63, 3.8) is 0 Å². The lowest BCUT2D eigenvalue weighted by atomic mass is 10.1. The summed E-state index contributed by atoms with van der Waals surface area (Å²) in [6.45, 7) is 0.182. The molecule has 0 fully saturated rings. The van der Waals surface area contributed by atoms with Crippen LogP contribution < -0.4 is 11.3 Å². The van der Waals surface area contributed by atoms with E-state index < -0.39 is 0 Å². The van der Waals surface area contributed by atoms with Gasteiger partial charge in [0.05, 0.1) is 17.7 Å². The number of fused-ring (bicyclic) bond motifs is 1. The monoisotopic (exact) mass is 346 g/mol. The fourth-order valence-corrected chi connectivity index (χ4v) is 2.55. The number of hydrogen-bond acceptors (Lipinski definition) is 5. The van der Waals surface area contributed by atoms with E-state index in [0.717, 1.165) is 10.0 Å². The van der Waals surface area contributed by atoms with E-state index in [0.29, 0.717) is 16.9 Å². The van der Waals surface area contributed by atoms with E-state index >= 15 is 0 Å². The van der Waals surface area contributed by atoms with Crippen LogP contribution in [-0.2, 0) is 6.54 Å². The predicted molar refractivity (Wildman–Crippen MR) is 80.4 cm³/mol. The highest BCUT2D eigenvalue weighted by molar-refractivity contribution is 9.10. The van der Waals surface area contributed by atoms with Gasteiger partial charge in [0, 0.05) is 10.7 Å². The molecule has 1 aromatic carbocycles. The van der Waals surface area contributed by atoms with E-state index in [9.17, 15) is 9.59 Å². The zero-order valence-electron chi connectivity index (χ0n) is 10.8. The second kappa shape index (κ2) is 5.27. The van der Waals surface area contributed by atoms with Crippen LogP contribution in [0.15, 0.2) is 41.0 Å². The number of halogens is 1. The molecule has 2 aromatic rings. The van der Waals surface area contributed by atoms with Crippen molar-refractivity contribution in [3.05, 3.63) is 57.7 Å². The Morgan fingerprint density at radius 3 is 2.57 bits per heavy atom. The molecule has 2 amide bonds. The minimum atomic E-state index is -0.294. The minimum absolute atomic E-state index is 0.182. The molecule has 0 spiro atoms. The summed E-state index contributed by atoms with van der Waals surface area (Å²) in [6, 6.07) is 8.51. The number of hydrogen-bond donors (Lipinski definition) is 2. The van der Waals surface area contributed by atoms with Crippen molar-refractivity contribution in [3.8, 4) is 0 Å². The van der Waals surface area contributed by atoms with E-state index in [4.69, 9.17) is 5.84 Å². The molecule has 21 heavy (non-hydrogen) atoms. The second-order valence-corrected chi connectivity index (χ2v) is 5.50. The summed E-state index contributed by atoms with van der Waals surface area (Å²) in [4.78, 5) is 29.9. The number of aromatic nitrogens is 1. The third-order valence-electron chi connectivity index (χ3n) is 3.25. The fraction of sp³-hybridized carbons (Fsp3) is 0.0714. The first-order valence-electron chi connectivity index (χ1n) is 6.17. The Bertz CT molecular complexity index is 730. The summed E-state index contributed by atoms with van der Waals surface area (Å²) in [6.07, 6.45) is 1.58. The van der Waals surface area contributed by atoms with Gasteiger partial charge in [-0.1, -0.05) is 22.0 Å². The SMILES string of the molecule is NNc1ccc(CN2C(=O)c3ccc(Br)cc3C2=O)cn1. The van der Waals surface area contributed by atoms with Gasteiger partial charge in [-0.25, -0.2) is 10.8 Å². The smallest absolute Gasteiger partial charge is 0.261 e. The Morgan fingerprint density at radius 2 is 1.90 bits per heavy atom. The van der Waals surface area contributed by atoms with Crippen molar-refractivity contribution in [2.45, 2.75) is 6.54 Å². The van der Waals surface area contributed by atoms with E-state index in [1.807, 2.05) is 0 Å². The highest BCUT2D eigenvalue weighted by atomic mass is 79.9. The lowest BCUT2D eigenvalue weighted by molar-refractivity contribution is 0.0642. The van der Waals surface area contributed by atoms with Gasteiger partial charge < -0.3 is 5.43 Å². The lowest BCUT2D eigenvalue weighted by Gasteiger charge is -2.13. The number of carbonyl (C=O) groups is 2. The number of amides is 2. The molecule has 2 heterocycles. The molecule has 0 radical (unpaired) electrons. The molecule has 0 saturated heterocycles. The van der Waals surface area contributed by atoms with Crippen molar-refractivity contribution in [1.29, 1.82) is 0 Å². The summed E-state index contributed by atoms with van der Waals surface area (Å²) in [5.74, 6) is 5.18.